The van der Waals surface area contributed by atoms with Gasteiger partial charge in [0.05, 0.1) is 0 Å². The van der Waals surface area contributed by atoms with E-state index >= 15 is 0 Å². The molecule has 0 aromatic carbocycles. The number of rotatable bonds is 5. The maximum Gasteiger partial charge on any atom is 0.0217 e. The Labute approximate surface area is 111 Å². The van der Waals surface area contributed by atoms with Gasteiger partial charge in [-0.15, -0.1) is 0 Å². The van der Waals surface area contributed by atoms with E-state index in [-0.39, 0.29) is 5.41 Å². The van der Waals surface area contributed by atoms with Gasteiger partial charge in [0.15, 0.2) is 0 Å². The zero-order chi connectivity index (χ0) is 13.0. The molecule has 0 radical (unpaired) electrons. The minimum atomic E-state index is 0.175. The summed E-state index contributed by atoms with van der Waals surface area (Å²) in [5.74, 6) is 0.823. The standard InChI is InChI=1S/C15H27N3/c1-15(2,14-4-3-9-18-14)11-17-10-12-5-7-13(16)8-6-12/h3-4,9,12-13,17-18H,5-8,10-11,16H2,1-2H3. The van der Waals surface area contributed by atoms with Crippen LogP contribution in [0.15, 0.2) is 18.3 Å². The summed E-state index contributed by atoms with van der Waals surface area (Å²) in [4.78, 5) is 3.32. The number of H-pyrrole nitrogens is 1. The quantitative estimate of drug-likeness (QED) is 0.750. The molecule has 18 heavy (non-hydrogen) atoms. The first-order chi connectivity index (χ1) is 8.58. The van der Waals surface area contributed by atoms with Gasteiger partial charge in [-0.05, 0) is 50.3 Å². The summed E-state index contributed by atoms with van der Waals surface area (Å²) in [7, 11) is 0. The fourth-order valence-corrected chi connectivity index (χ4v) is 2.83. The van der Waals surface area contributed by atoms with Crippen LogP contribution in [0.25, 0.3) is 0 Å². The third-order valence-electron chi connectivity index (χ3n) is 4.22. The van der Waals surface area contributed by atoms with Crippen LogP contribution in [0.2, 0.25) is 0 Å². The highest BCUT2D eigenvalue weighted by molar-refractivity contribution is 5.15. The smallest absolute Gasteiger partial charge is 0.0217 e. The number of aromatic nitrogens is 1. The molecule has 1 aromatic heterocycles. The summed E-state index contributed by atoms with van der Waals surface area (Å²) in [5, 5.41) is 3.64. The van der Waals surface area contributed by atoms with E-state index in [9.17, 15) is 0 Å². The van der Waals surface area contributed by atoms with Crippen molar-refractivity contribution in [2.75, 3.05) is 13.1 Å². The minimum Gasteiger partial charge on any atom is -0.365 e. The SMILES string of the molecule is CC(C)(CNCC1CCC(N)CC1)c1ccc[nH]1. The van der Waals surface area contributed by atoms with Gasteiger partial charge >= 0.3 is 0 Å². The molecule has 1 aromatic rings. The van der Waals surface area contributed by atoms with Gasteiger partial charge in [-0.2, -0.15) is 0 Å². The van der Waals surface area contributed by atoms with Crippen LogP contribution in [0.4, 0.5) is 0 Å². The highest BCUT2D eigenvalue weighted by Crippen LogP contribution is 2.23. The zero-order valence-electron chi connectivity index (χ0n) is 11.7. The normalized spacial score (nSPS) is 25.3. The van der Waals surface area contributed by atoms with Crippen molar-refractivity contribution in [2.24, 2.45) is 11.7 Å². The molecule has 0 amide bonds. The molecule has 1 saturated carbocycles. The number of nitrogens with two attached hydrogens (primary N) is 1. The number of hydrogen-bond acceptors (Lipinski definition) is 2. The molecular weight excluding hydrogens is 222 g/mol. The molecule has 2 rings (SSSR count). The summed E-state index contributed by atoms with van der Waals surface area (Å²) >= 11 is 0. The lowest BCUT2D eigenvalue weighted by Gasteiger charge is -2.29. The van der Waals surface area contributed by atoms with E-state index in [2.05, 4.69) is 36.3 Å². The van der Waals surface area contributed by atoms with Crippen molar-refractivity contribution < 1.29 is 0 Å². The van der Waals surface area contributed by atoms with Gasteiger partial charge in [0.25, 0.3) is 0 Å². The highest BCUT2D eigenvalue weighted by Gasteiger charge is 2.22. The lowest BCUT2D eigenvalue weighted by Crippen LogP contribution is -2.37. The van der Waals surface area contributed by atoms with Crippen molar-refractivity contribution in [3.8, 4) is 0 Å². The fourth-order valence-electron chi connectivity index (χ4n) is 2.83. The third-order valence-corrected chi connectivity index (χ3v) is 4.22. The Bertz CT molecular complexity index is 335. The van der Waals surface area contributed by atoms with Gasteiger partial charge in [-0.25, -0.2) is 0 Å². The Balaban J connectivity index is 1.72. The van der Waals surface area contributed by atoms with Crippen LogP contribution in [0.1, 0.15) is 45.2 Å². The third kappa shape index (κ3) is 3.59. The molecular formula is C15H27N3. The van der Waals surface area contributed by atoms with E-state index in [1.165, 1.54) is 31.4 Å². The molecule has 0 spiro atoms. The molecule has 0 unspecified atom stereocenters. The molecule has 3 nitrogen and oxygen atoms in total. The van der Waals surface area contributed by atoms with E-state index < -0.39 is 0 Å². The Morgan fingerprint density at radius 3 is 2.67 bits per heavy atom. The summed E-state index contributed by atoms with van der Waals surface area (Å²) in [6.07, 6.45) is 6.98. The molecule has 1 heterocycles. The number of nitrogens with one attached hydrogen (secondary N) is 2. The van der Waals surface area contributed by atoms with Gasteiger partial charge in [0.1, 0.15) is 0 Å². The van der Waals surface area contributed by atoms with E-state index in [1.54, 1.807) is 0 Å². The van der Waals surface area contributed by atoms with Crippen molar-refractivity contribution in [3.05, 3.63) is 24.0 Å². The molecule has 1 aliphatic carbocycles. The minimum absolute atomic E-state index is 0.175. The predicted octanol–water partition coefficient (Wildman–Crippen LogP) is 2.40. The van der Waals surface area contributed by atoms with Crippen molar-refractivity contribution in [2.45, 2.75) is 51.0 Å². The van der Waals surface area contributed by atoms with Crippen LogP contribution >= 0.6 is 0 Å². The second kappa shape index (κ2) is 5.89. The Kier molecular flexibility index (Phi) is 4.46. The molecule has 1 aliphatic rings. The topological polar surface area (TPSA) is 53.8 Å². The number of aromatic amines is 1. The monoisotopic (exact) mass is 249 g/mol. The molecule has 0 saturated heterocycles. The summed E-state index contributed by atoms with van der Waals surface area (Å²) in [5.41, 5.74) is 7.42. The van der Waals surface area contributed by atoms with Crippen LogP contribution in [-0.2, 0) is 5.41 Å². The maximum atomic E-state index is 5.93. The Hall–Kier alpha value is -0.800. The summed E-state index contributed by atoms with van der Waals surface area (Å²) < 4.78 is 0. The average molecular weight is 249 g/mol. The zero-order valence-corrected chi connectivity index (χ0v) is 11.7. The van der Waals surface area contributed by atoms with Crippen LogP contribution in [0.3, 0.4) is 0 Å². The van der Waals surface area contributed by atoms with Gasteiger partial charge in [0, 0.05) is 29.9 Å². The van der Waals surface area contributed by atoms with Crippen LogP contribution < -0.4 is 11.1 Å². The highest BCUT2D eigenvalue weighted by atomic mass is 14.9. The second-order valence-electron chi connectivity index (χ2n) is 6.38. The molecule has 4 N–H and O–H groups in total. The van der Waals surface area contributed by atoms with E-state index in [1.807, 2.05) is 6.20 Å². The molecule has 1 fully saturated rings. The summed E-state index contributed by atoms with van der Waals surface area (Å²) in [6.45, 7) is 6.72. The largest absolute Gasteiger partial charge is 0.365 e. The van der Waals surface area contributed by atoms with E-state index in [0.717, 1.165) is 19.0 Å². The first-order valence-electron chi connectivity index (χ1n) is 7.18. The van der Waals surface area contributed by atoms with E-state index in [0.29, 0.717) is 6.04 Å². The maximum absolute atomic E-state index is 5.93. The van der Waals surface area contributed by atoms with Crippen molar-refractivity contribution in [1.29, 1.82) is 0 Å². The second-order valence-corrected chi connectivity index (χ2v) is 6.38. The van der Waals surface area contributed by atoms with Gasteiger partial charge < -0.3 is 16.0 Å². The van der Waals surface area contributed by atoms with E-state index in [4.69, 9.17) is 5.73 Å². The average Bonchev–Trinajstić information content (AvgIpc) is 2.86. The first-order valence-corrected chi connectivity index (χ1v) is 7.18. The Morgan fingerprint density at radius 2 is 2.06 bits per heavy atom. The molecule has 3 heteroatoms. The molecule has 102 valence electrons. The predicted molar refractivity (Wildman–Crippen MR) is 76.6 cm³/mol. The summed E-state index contributed by atoms with van der Waals surface area (Å²) in [6, 6.07) is 4.69. The first kappa shape index (κ1) is 13.6. The van der Waals surface area contributed by atoms with Gasteiger partial charge in [0.2, 0.25) is 0 Å². The van der Waals surface area contributed by atoms with Crippen molar-refractivity contribution in [3.63, 3.8) is 0 Å². The molecule has 0 atom stereocenters. The van der Waals surface area contributed by atoms with Gasteiger partial charge in [-0.1, -0.05) is 13.8 Å². The van der Waals surface area contributed by atoms with Crippen molar-refractivity contribution in [1.82, 2.24) is 10.3 Å². The lowest BCUT2D eigenvalue weighted by atomic mass is 9.85. The Morgan fingerprint density at radius 1 is 1.33 bits per heavy atom. The molecule has 0 bridgehead atoms. The van der Waals surface area contributed by atoms with Crippen LogP contribution in [-0.4, -0.2) is 24.1 Å². The molecule has 0 aliphatic heterocycles. The van der Waals surface area contributed by atoms with Gasteiger partial charge in [-0.3, -0.25) is 0 Å². The van der Waals surface area contributed by atoms with Crippen LogP contribution in [0.5, 0.6) is 0 Å². The fraction of sp³-hybridized carbons (Fsp3) is 0.733. The number of hydrogen-bond donors (Lipinski definition) is 3. The lowest BCUT2D eigenvalue weighted by molar-refractivity contribution is 0.305. The van der Waals surface area contributed by atoms with Crippen LogP contribution in [0, 0.1) is 5.92 Å². The van der Waals surface area contributed by atoms with Crippen molar-refractivity contribution >= 4 is 0 Å².